The number of ether oxygens (including phenoxy) is 4. The molecule has 0 spiro atoms. The van der Waals surface area contributed by atoms with E-state index in [0.717, 1.165) is 0 Å². The van der Waals surface area contributed by atoms with E-state index < -0.39 is 30.8 Å². The van der Waals surface area contributed by atoms with Crippen molar-refractivity contribution in [1.82, 2.24) is 21.3 Å². The lowest BCUT2D eigenvalue weighted by molar-refractivity contribution is -0.484. The van der Waals surface area contributed by atoms with E-state index in [-0.39, 0.29) is 37.2 Å². The maximum Gasteiger partial charge on any atom is 0.312 e. The van der Waals surface area contributed by atoms with Crippen LogP contribution in [0.1, 0.15) is 46.0 Å². The van der Waals surface area contributed by atoms with Gasteiger partial charge in [0.25, 0.3) is 0 Å². The highest BCUT2D eigenvalue weighted by atomic mass is 16.6. The van der Waals surface area contributed by atoms with Crippen LogP contribution in [-0.4, -0.2) is 114 Å². The number of aliphatic hydroxyl groups excluding tert-OH is 1. The zero-order valence-corrected chi connectivity index (χ0v) is 24.3. The first kappa shape index (κ1) is 38.1. The molecule has 0 aromatic carbocycles. The van der Waals surface area contributed by atoms with E-state index >= 15 is 0 Å². The Balaban J connectivity index is 4.18. The second kappa shape index (κ2) is 26.0. The average molecular weight is 592 g/mol. The molecule has 0 bridgehead atoms. The topological polar surface area (TPSA) is 236 Å². The predicted octanol–water partition coefficient (Wildman–Crippen LogP) is -2.53. The van der Waals surface area contributed by atoms with E-state index in [0.29, 0.717) is 78.5 Å². The first-order chi connectivity index (χ1) is 19.7. The normalized spacial score (nSPS) is 12.4. The molecule has 0 aliphatic carbocycles. The number of aliphatic hydroxyl groups is 1. The van der Waals surface area contributed by atoms with Gasteiger partial charge in [0.05, 0.1) is 45.7 Å². The zero-order valence-electron chi connectivity index (χ0n) is 24.3. The van der Waals surface area contributed by atoms with Gasteiger partial charge >= 0.3 is 6.03 Å². The van der Waals surface area contributed by atoms with Crippen molar-refractivity contribution in [3.63, 3.8) is 0 Å². The number of rotatable bonds is 27. The smallest absolute Gasteiger partial charge is 0.312 e. The second-order valence-corrected chi connectivity index (χ2v) is 9.38. The summed E-state index contributed by atoms with van der Waals surface area (Å²) in [5, 5.41) is 21.7. The number of nitrogens with zero attached hydrogens (tertiary/aromatic N) is 1. The summed E-state index contributed by atoms with van der Waals surface area (Å²) in [7, 11) is 0. The number of carbonyl (C=O) groups is 4. The van der Waals surface area contributed by atoms with Crippen LogP contribution in [0.25, 0.3) is 5.53 Å². The standard InChI is InChI=1S/C25H49N7O9/c1-19(2)23(24(36)31-20(17-41-18-33)5-4-8-29-25(26)37)32-22(35)7-3-6-21(34)28-9-11-38-13-15-40-16-14-39-12-10-30-27/h19-20,23,30,33H,3-18H2,1-2H3,(H,28,34)(H,31,36)(H,32,35)(H3,26,29,37)/t20-,23-/m0/s1. The molecule has 0 heterocycles. The van der Waals surface area contributed by atoms with Gasteiger partial charge in [0.15, 0.2) is 6.54 Å². The molecule has 0 aromatic rings. The Labute approximate surface area is 241 Å². The van der Waals surface area contributed by atoms with Crippen molar-refractivity contribution >= 4 is 23.8 Å². The van der Waals surface area contributed by atoms with Gasteiger partial charge in [0.2, 0.25) is 17.7 Å². The van der Waals surface area contributed by atoms with E-state index in [1.54, 1.807) is 13.8 Å². The lowest BCUT2D eigenvalue weighted by Gasteiger charge is -2.25. The molecule has 0 radical (unpaired) electrons. The van der Waals surface area contributed by atoms with Gasteiger partial charge in [0, 0.05) is 25.9 Å². The van der Waals surface area contributed by atoms with E-state index in [4.69, 9.17) is 35.3 Å². The summed E-state index contributed by atoms with van der Waals surface area (Å²) < 4.78 is 20.9. The van der Waals surface area contributed by atoms with E-state index in [1.165, 1.54) is 0 Å². The molecule has 0 saturated heterocycles. The number of hydrogen-bond donors (Lipinski definition) is 7. The van der Waals surface area contributed by atoms with Crippen LogP contribution < -0.4 is 32.1 Å². The Hall–Kier alpha value is -2.92. The zero-order chi connectivity index (χ0) is 30.7. The SMILES string of the molecule is CC(C)[C@H](NC(=O)CCCC(=O)NCCOCCOCCOCC[NH+]=[N-])C(=O)N[C@@H](CCCNC(N)=O)COCO. The van der Waals surface area contributed by atoms with Crippen LogP contribution >= 0.6 is 0 Å². The molecule has 0 aliphatic rings. The van der Waals surface area contributed by atoms with Gasteiger partial charge in [-0.05, 0) is 25.2 Å². The molecule has 0 unspecified atom stereocenters. The van der Waals surface area contributed by atoms with E-state index in [2.05, 4.69) is 21.3 Å². The molecule has 41 heavy (non-hydrogen) atoms. The van der Waals surface area contributed by atoms with Gasteiger partial charge < -0.3 is 61.7 Å². The highest BCUT2D eigenvalue weighted by Gasteiger charge is 2.26. The lowest BCUT2D eigenvalue weighted by atomic mass is 10.0. The number of nitrogens with two attached hydrogens (primary N) is 1. The van der Waals surface area contributed by atoms with Crippen LogP contribution in [0.4, 0.5) is 4.79 Å². The third-order valence-corrected chi connectivity index (χ3v) is 5.53. The van der Waals surface area contributed by atoms with Crippen molar-refractivity contribution < 1.29 is 48.3 Å². The predicted molar refractivity (Wildman–Crippen MR) is 147 cm³/mol. The van der Waals surface area contributed by atoms with Gasteiger partial charge in [0.1, 0.15) is 19.4 Å². The molecule has 0 saturated carbocycles. The quantitative estimate of drug-likeness (QED) is 0.0302. The van der Waals surface area contributed by atoms with Crippen molar-refractivity contribution in [2.75, 3.05) is 72.7 Å². The maximum absolute atomic E-state index is 12.9. The Morgan fingerprint density at radius 3 is 2.07 bits per heavy atom. The number of primary amides is 1. The van der Waals surface area contributed by atoms with Gasteiger partial charge in [-0.3, -0.25) is 14.4 Å². The Morgan fingerprint density at radius 1 is 0.829 bits per heavy atom. The number of amides is 5. The summed E-state index contributed by atoms with van der Waals surface area (Å²) in [4.78, 5) is 48.2. The van der Waals surface area contributed by atoms with Crippen molar-refractivity contribution in [2.24, 2.45) is 11.7 Å². The Kier molecular flexibility index (Phi) is 24.2. The van der Waals surface area contributed by atoms with Gasteiger partial charge in [-0.1, -0.05) is 13.8 Å². The minimum atomic E-state index is -0.797. The molecule has 0 aliphatic heterocycles. The monoisotopic (exact) mass is 591 g/mol. The first-order valence-corrected chi connectivity index (χ1v) is 13.9. The molecule has 238 valence electrons. The van der Waals surface area contributed by atoms with Crippen molar-refractivity contribution in [1.29, 1.82) is 0 Å². The van der Waals surface area contributed by atoms with Gasteiger partial charge in [-0.15, -0.1) is 0 Å². The van der Waals surface area contributed by atoms with Crippen LogP contribution in [0.5, 0.6) is 0 Å². The third-order valence-electron chi connectivity index (χ3n) is 5.53. The molecule has 5 amide bonds. The van der Waals surface area contributed by atoms with Crippen LogP contribution in [0.3, 0.4) is 0 Å². The summed E-state index contributed by atoms with van der Waals surface area (Å²) >= 11 is 0. The molecule has 16 heteroatoms. The van der Waals surface area contributed by atoms with Crippen LogP contribution in [0, 0.1) is 5.92 Å². The van der Waals surface area contributed by atoms with Crippen LogP contribution in [-0.2, 0) is 33.3 Å². The largest absolute Gasteiger partial charge is 0.508 e. The molecule has 0 aromatic heterocycles. The Bertz CT molecular complexity index is 744. The number of urea groups is 1. The maximum atomic E-state index is 12.9. The van der Waals surface area contributed by atoms with Crippen molar-refractivity contribution in [2.45, 2.75) is 58.0 Å². The van der Waals surface area contributed by atoms with Gasteiger partial charge in [-0.25, -0.2) is 4.79 Å². The molecular formula is C25H49N7O9. The average Bonchev–Trinajstić information content (AvgIpc) is 2.92. The minimum absolute atomic E-state index is 0.0614. The third kappa shape index (κ3) is 23.5. The molecule has 16 nitrogen and oxygen atoms in total. The lowest BCUT2D eigenvalue weighted by Crippen LogP contribution is -2.64. The van der Waals surface area contributed by atoms with E-state index in [9.17, 15) is 19.2 Å². The van der Waals surface area contributed by atoms with Crippen molar-refractivity contribution in [3.8, 4) is 0 Å². The fourth-order valence-electron chi connectivity index (χ4n) is 3.44. The number of nitrogens with one attached hydrogen (secondary N) is 5. The number of hydrogen-bond acceptors (Lipinski definition) is 9. The Morgan fingerprint density at radius 2 is 1.46 bits per heavy atom. The summed E-state index contributed by atoms with van der Waals surface area (Å²) in [6.45, 7) is 6.48. The number of carbonyl (C=O) groups excluding carboxylic acids is 4. The first-order valence-electron chi connectivity index (χ1n) is 13.9. The van der Waals surface area contributed by atoms with Crippen LogP contribution in [0.2, 0.25) is 0 Å². The molecule has 0 fully saturated rings. The van der Waals surface area contributed by atoms with E-state index in [1.807, 2.05) is 5.11 Å². The summed E-state index contributed by atoms with van der Waals surface area (Å²) in [5.74, 6) is -1.15. The highest BCUT2D eigenvalue weighted by molar-refractivity contribution is 5.88. The molecule has 8 N–H and O–H groups in total. The van der Waals surface area contributed by atoms with Gasteiger partial charge in [-0.2, -0.15) is 0 Å². The summed E-state index contributed by atoms with van der Waals surface area (Å²) in [6.07, 6.45) is 1.52. The fraction of sp³-hybridized carbons (Fsp3) is 0.840. The molecule has 0 rings (SSSR count). The fourth-order valence-corrected chi connectivity index (χ4v) is 3.44. The minimum Gasteiger partial charge on any atom is -0.508 e. The summed E-state index contributed by atoms with van der Waals surface area (Å²) in [6, 6.07) is -1.88. The molecular weight excluding hydrogens is 542 g/mol. The van der Waals surface area contributed by atoms with Crippen LogP contribution in [0.15, 0.2) is 0 Å². The highest BCUT2D eigenvalue weighted by Crippen LogP contribution is 2.06. The summed E-state index contributed by atoms with van der Waals surface area (Å²) in [5.41, 5.74) is 13.4. The van der Waals surface area contributed by atoms with Crippen molar-refractivity contribution in [3.05, 3.63) is 5.53 Å². The molecule has 2 atom stereocenters. The second-order valence-electron chi connectivity index (χ2n) is 9.38.